The van der Waals surface area contributed by atoms with Gasteiger partial charge in [0.15, 0.2) is 11.5 Å². The fourth-order valence-electron chi connectivity index (χ4n) is 3.14. The molecular weight excluding hydrogens is 248 g/mol. The van der Waals surface area contributed by atoms with Crippen LogP contribution in [0.4, 0.5) is 0 Å². The molecule has 0 saturated heterocycles. The van der Waals surface area contributed by atoms with Crippen LogP contribution in [-0.4, -0.2) is 5.78 Å². The highest BCUT2D eigenvalue weighted by atomic mass is 16.3. The summed E-state index contributed by atoms with van der Waals surface area (Å²) >= 11 is 0. The first-order chi connectivity index (χ1) is 9.65. The third-order valence-corrected chi connectivity index (χ3v) is 4.20. The quantitative estimate of drug-likeness (QED) is 0.765. The Morgan fingerprint density at radius 2 is 1.60 bits per heavy atom. The van der Waals surface area contributed by atoms with Crippen LogP contribution in [0.3, 0.4) is 0 Å². The van der Waals surface area contributed by atoms with Gasteiger partial charge in [-0.05, 0) is 54.0 Å². The lowest BCUT2D eigenvalue weighted by Gasteiger charge is -2.30. The van der Waals surface area contributed by atoms with E-state index >= 15 is 0 Å². The van der Waals surface area contributed by atoms with Gasteiger partial charge in [0.2, 0.25) is 0 Å². The number of hydrogen-bond donors (Lipinski definition) is 0. The van der Waals surface area contributed by atoms with E-state index in [4.69, 9.17) is 0 Å². The second-order valence-corrected chi connectivity index (χ2v) is 5.35. The monoisotopic (exact) mass is 269 g/mol. The fraction of sp³-hybridized carbons (Fsp3) is 0.389. The van der Waals surface area contributed by atoms with E-state index in [1.54, 1.807) is 24.3 Å². The van der Waals surface area contributed by atoms with Gasteiger partial charge in [0, 0.05) is 0 Å². The highest BCUT2D eigenvalue weighted by Gasteiger charge is 2.26. The second-order valence-electron chi connectivity index (χ2n) is 5.35. The van der Waals surface area contributed by atoms with Crippen LogP contribution >= 0.6 is 0 Å². The number of hydrogen-bond acceptors (Lipinski definition) is 1. The minimum Gasteiger partial charge on any atom is -0.290 e. The van der Waals surface area contributed by atoms with E-state index in [1.807, 2.05) is 24.3 Å². The summed E-state index contributed by atoms with van der Waals surface area (Å²) in [5.74, 6) is 1.29. The normalized spacial score (nSPS) is 18.2. The fourth-order valence-corrected chi connectivity index (χ4v) is 3.14. The van der Waals surface area contributed by atoms with Gasteiger partial charge in [0.25, 0.3) is 0 Å². The molecule has 2 heteroatoms. The van der Waals surface area contributed by atoms with E-state index in [9.17, 15) is 9.90 Å². The molecule has 20 heavy (non-hydrogen) atoms. The van der Waals surface area contributed by atoms with Crippen LogP contribution in [0.15, 0.2) is 48.6 Å². The molecule has 2 atom stereocenters. The number of carbonyl (C=O) groups excluding carboxylic acids is 1. The first-order valence-corrected chi connectivity index (χ1v) is 7.33. The van der Waals surface area contributed by atoms with Crippen molar-refractivity contribution in [3.63, 3.8) is 0 Å². The number of allylic oxidation sites excluding steroid dienone is 4. The van der Waals surface area contributed by atoms with E-state index in [-0.39, 0.29) is 11.5 Å². The molecule has 0 saturated carbocycles. The van der Waals surface area contributed by atoms with Crippen molar-refractivity contribution < 1.29 is 9.90 Å². The van der Waals surface area contributed by atoms with Crippen LogP contribution in [0.5, 0.6) is 5.75 Å². The molecule has 0 spiro atoms. The van der Waals surface area contributed by atoms with Crippen LogP contribution in [-0.2, 0) is 9.90 Å². The minimum atomic E-state index is 0.0553. The van der Waals surface area contributed by atoms with Crippen molar-refractivity contribution in [2.45, 2.75) is 32.6 Å². The van der Waals surface area contributed by atoms with E-state index in [0.717, 1.165) is 12.8 Å². The molecule has 1 aromatic carbocycles. The third kappa shape index (κ3) is 3.19. The molecule has 0 amide bonds. The molecule has 0 bridgehead atoms. The van der Waals surface area contributed by atoms with E-state index in [1.165, 1.54) is 5.56 Å². The van der Waals surface area contributed by atoms with Gasteiger partial charge in [-0.3, -0.25) is 9.90 Å². The molecule has 0 N–H and O–H groups in total. The summed E-state index contributed by atoms with van der Waals surface area (Å²) in [6, 6.07) is 7.17. The Morgan fingerprint density at radius 3 is 2.10 bits per heavy atom. The summed E-state index contributed by atoms with van der Waals surface area (Å²) in [6.07, 6.45) is 9.44. The number of ketones is 1. The molecule has 1 aliphatic carbocycles. The Hall–Kier alpha value is -1.83. The minimum absolute atomic E-state index is 0.0553. The van der Waals surface area contributed by atoms with Crippen molar-refractivity contribution >= 4 is 5.78 Å². The summed E-state index contributed by atoms with van der Waals surface area (Å²) in [4.78, 5) is 11.3. The number of benzene rings is 1. The zero-order valence-electron chi connectivity index (χ0n) is 12.1. The van der Waals surface area contributed by atoms with Gasteiger partial charge in [0.05, 0.1) is 0 Å². The molecule has 1 aromatic rings. The van der Waals surface area contributed by atoms with Crippen LogP contribution < -0.4 is 0 Å². The van der Waals surface area contributed by atoms with Crippen LogP contribution in [0, 0.1) is 11.8 Å². The maximum atomic E-state index is 11.3. The van der Waals surface area contributed by atoms with Gasteiger partial charge in [-0.1, -0.05) is 44.6 Å². The predicted molar refractivity (Wildman–Crippen MR) is 80.2 cm³/mol. The highest BCUT2D eigenvalue weighted by molar-refractivity contribution is 6.00. The lowest BCUT2D eigenvalue weighted by Crippen LogP contribution is -2.20. The number of carbonyl (C=O) groups is 1. The summed E-state index contributed by atoms with van der Waals surface area (Å²) in [7, 11) is 0. The SMILES string of the molecule is CCC(c1ccc([O])cc1)C(CC)C1C=CC(=O)C=C1. The first kappa shape index (κ1) is 14.6. The maximum Gasteiger partial charge on any atom is 0.178 e. The Labute approximate surface area is 120 Å². The van der Waals surface area contributed by atoms with Crippen molar-refractivity contribution in [2.24, 2.45) is 11.8 Å². The summed E-state index contributed by atoms with van der Waals surface area (Å²) in [6.45, 7) is 4.37. The zero-order chi connectivity index (χ0) is 14.5. The Kier molecular flexibility index (Phi) is 4.78. The molecule has 0 fully saturated rings. The van der Waals surface area contributed by atoms with Crippen molar-refractivity contribution in [2.75, 3.05) is 0 Å². The maximum absolute atomic E-state index is 11.3. The van der Waals surface area contributed by atoms with Crippen LogP contribution in [0.1, 0.15) is 38.2 Å². The van der Waals surface area contributed by atoms with E-state index in [0.29, 0.717) is 17.8 Å². The molecule has 0 aliphatic heterocycles. The average molecular weight is 269 g/mol. The van der Waals surface area contributed by atoms with Crippen molar-refractivity contribution in [1.29, 1.82) is 0 Å². The smallest absolute Gasteiger partial charge is 0.178 e. The summed E-state index contributed by atoms with van der Waals surface area (Å²) in [5, 5.41) is 11.2. The molecule has 2 nitrogen and oxygen atoms in total. The van der Waals surface area contributed by atoms with Crippen molar-refractivity contribution in [3.8, 4) is 5.75 Å². The highest BCUT2D eigenvalue weighted by Crippen LogP contribution is 2.37. The molecule has 2 unspecified atom stereocenters. The summed E-state index contributed by atoms with van der Waals surface area (Å²) in [5.41, 5.74) is 1.22. The van der Waals surface area contributed by atoms with E-state index < -0.39 is 0 Å². The average Bonchev–Trinajstić information content (AvgIpc) is 2.47. The van der Waals surface area contributed by atoms with Crippen molar-refractivity contribution in [1.82, 2.24) is 0 Å². The molecular formula is C18H21O2. The van der Waals surface area contributed by atoms with Crippen LogP contribution in [0.25, 0.3) is 0 Å². The third-order valence-electron chi connectivity index (χ3n) is 4.20. The largest absolute Gasteiger partial charge is 0.290 e. The first-order valence-electron chi connectivity index (χ1n) is 7.33. The Balaban J connectivity index is 2.23. The second kappa shape index (κ2) is 6.56. The lowest BCUT2D eigenvalue weighted by molar-refractivity contribution is -0.110. The van der Waals surface area contributed by atoms with Gasteiger partial charge in [-0.15, -0.1) is 0 Å². The van der Waals surface area contributed by atoms with Gasteiger partial charge in [-0.2, -0.15) is 0 Å². The standard InChI is InChI=1S/C18H21O2/c1-3-17(13-5-9-15(19)10-6-13)18(4-2)14-7-11-16(20)12-8-14/h5-13,17-18H,3-4H2,1-2H3. The summed E-state index contributed by atoms with van der Waals surface area (Å²) < 4.78 is 0. The van der Waals surface area contributed by atoms with E-state index in [2.05, 4.69) is 13.8 Å². The van der Waals surface area contributed by atoms with Gasteiger partial charge >= 0.3 is 0 Å². The Morgan fingerprint density at radius 1 is 1.00 bits per heavy atom. The molecule has 1 radical (unpaired) electrons. The molecule has 1 aliphatic rings. The van der Waals surface area contributed by atoms with Gasteiger partial charge < -0.3 is 0 Å². The van der Waals surface area contributed by atoms with Crippen LogP contribution in [0.2, 0.25) is 0 Å². The van der Waals surface area contributed by atoms with Gasteiger partial charge in [0.1, 0.15) is 0 Å². The predicted octanol–water partition coefficient (Wildman–Crippen LogP) is 4.66. The zero-order valence-corrected chi connectivity index (χ0v) is 12.1. The topological polar surface area (TPSA) is 37.0 Å². The van der Waals surface area contributed by atoms with Gasteiger partial charge in [-0.25, -0.2) is 0 Å². The molecule has 0 aromatic heterocycles. The molecule has 0 heterocycles. The number of rotatable bonds is 5. The lowest BCUT2D eigenvalue weighted by atomic mass is 9.74. The van der Waals surface area contributed by atoms with Crippen molar-refractivity contribution in [3.05, 3.63) is 54.1 Å². The molecule has 2 rings (SSSR count). The Bertz CT molecular complexity index is 495. The molecule has 105 valence electrons.